The topological polar surface area (TPSA) is 74.4 Å². The van der Waals surface area contributed by atoms with Gasteiger partial charge >= 0.3 is 5.97 Å². The molecule has 0 bridgehead atoms. The molecule has 1 aromatic rings. The number of hydrogen-bond acceptors (Lipinski definition) is 5. The summed E-state index contributed by atoms with van der Waals surface area (Å²) in [7, 11) is 1.27. The van der Waals surface area contributed by atoms with Crippen LogP contribution in [0.15, 0.2) is 6.07 Å². The number of ether oxygens (including phenoxy) is 2. The highest BCUT2D eigenvalue weighted by molar-refractivity contribution is 5.89. The highest BCUT2D eigenvalue weighted by atomic mass is 19.3. The molecule has 0 unspecified atom stereocenters. The summed E-state index contributed by atoms with van der Waals surface area (Å²) in [6, 6.07) is 1.07. The monoisotopic (exact) mass is 260 g/mol. The normalized spacial score (nSPS) is 10.6. The average Bonchev–Trinajstić information content (AvgIpc) is 2.37. The number of pyridine rings is 1. The minimum absolute atomic E-state index is 0.0238. The van der Waals surface area contributed by atoms with Gasteiger partial charge in [-0.15, -0.1) is 0 Å². The molecule has 0 aliphatic rings. The largest absolute Gasteiger partial charge is 0.481 e. The van der Waals surface area contributed by atoms with Gasteiger partial charge in [-0.05, 0) is 6.92 Å². The van der Waals surface area contributed by atoms with Gasteiger partial charge in [0, 0.05) is 23.7 Å². The van der Waals surface area contributed by atoms with E-state index < -0.39 is 12.4 Å². The highest BCUT2D eigenvalue weighted by Crippen LogP contribution is 2.28. The number of carbonyl (C=O) groups excluding carboxylic acids is 1. The molecule has 0 aliphatic carbocycles. The molecule has 0 amide bonds. The van der Waals surface area contributed by atoms with Crippen LogP contribution >= 0.6 is 0 Å². The first-order chi connectivity index (χ1) is 8.54. The Balaban J connectivity index is 3.37. The number of nitrogens with two attached hydrogens (primary N) is 1. The number of esters is 1. The molecule has 0 fully saturated rings. The van der Waals surface area contributed by atoms with Crippen LogP contribution in [0.2, 0.25) is 0 Å². The lowest BCUT2D eigenvalue weighted by atomic mass is 10.1. The maximum Gasteiger partial charge on any atom is 0.357 e. The van der Waals surface area contributed by atoms with Crippen molar-refractivity contribution in [1.82, 2.24) is 4.98 Å². The molecule has 1 aromatic heterocycles. The van der Waals surface area contributed by atoms with Crippen molar-refractivity contribution >= 4 is 5.97 Å². The fourth-order valence-corrected chi connectivity index (χ4v) is 1.45. The van der Waals surface area contributed by atoms with Crippen molar-refractivity contribution < 1.29 is 23.0 Å². The molecule has 0 aliphatic heterocycles. The van der Waals surface area contributed by atoms with Crippen LogP contribution < -0.4 is 10.5 Å². The van der Waals surface area contributed by atoms with Gasteiger partial charge in [-0.1, -0.05) is 0 Å². The molecule has 0 saturated carbocycles. The Morgan fingerprint density at radius 3 is 2.67 bits per heavy atom. The lowest BCUT2D eigenvalue weighted by molar-refractivity contribution is 0.0516. The van der Waals surface area contributed by atoms with Crippen molar-refractivity contribution in [3.63, 3.8) is 0 Å². The average molecular weight is 260 g/mol. The standard InChI is InChI=1S/C11H14F2N2O3/c1-3-18-11(16)9-7(5-14)6(10(12)13)4-8(15-9)17-2/h4,10H,3,5,14H2,1-2H3. The second-order valence-electron chi connectivity index (χ2n) is 3.31. The first-order valence-electron chi connectivity index (χ1n) is 5.28. The van der Waals surface area contributed by atoms with Gasteiger partial charge in [-0.2, -0.15) is 0 Å². The van der Waals surface area contributed by atoms with E-state index in [9.17, 15) is 13.6 Å². The number of alkyl halides is 2. The van der Waals surface area contributed by atoms with Gasteiger partial charge in [0.2, 0.25) is 5.88 Å². The van der Waals surface area contributed by atoms with Crippen LogP contribution in [0.4, 0.5) is 8.78 Å². The molecule has 1 rings (SSSR count). The van der Waals surface area contributed by atoms with Gasteiger partial charge in [0.15, 0.2) is 5.69 Å². The van der Waals surface area contributed by atoms with Crippen LogP contribution in [-0.4, -0.2) is 24.7 Å². The van der Waals surface area contributed by atoms with Gasteiger partial charge in [-0.25, -0.2) is 18.6 Å². The second-order valence-corrected chi connectivity index (χ2v) is 3.31. The van der Waals surface area contributed by atoms with Crippen LogP contribution in [0.3, 0.4) is 0 Å². The zero-order valence-electron chi connectivity index (χ0n) is 10.1. The van der Waals surface area contributed by atoms with Gasteiger partial charge in [0.05, 0.1) is 13.7 Å². The van der Waals surface area contributed by atoms with E-state index in [2.05, 4.69) is 4.98 Å². The number of carbonyl (C=O) groups is 1. The van der Waals surface area contributed by atoms with E-state index in [0.29, 0.717) is 0 Å². The van der Waals surface area contributed by atoms with Gasteiger partial charge in [0.25, 0.3) is 6.43 Å². The summed E-state index contributed by atoms with van der Waals surface area (Å²) in [5.74, 6) is -0.871. The van der Waals surface area contributed by atoms with E-state index >= 15 is 0 Å². The summed E-state index contributed by atoms with van der Waals surface area (Å²) < 4.78 is 35.3. The van der Waals surface area contributed by atoms with E-state index in [-0.39, 0.29) is 35.9 Å². The molecule has 0 aromatic carbocycles. The molecule has 0 saturated heterocycles. The van der Waals surface area contributed by atoms with Gasteiger partial charge in [0.1, 0.15) is 0 Å². The summed E-state index contributed by atoms with van der Waals surface area (Å²) in [5.41, 5.74) is 4.77. The van der Waals surface area contributed by atoms with E-state index in [0.717, 1.165) is 6.07 Å². The molecule has 7 heteroatoms. The third-order valence-corrected chi connectivity index (χ3v) is 2.25. The fraction of sp³-hybridized carbons (Fsp3) is 0.455. The molecule has 0 radical (unpaired) electrons. The Kier molecular flexibility index (Phi) is 4.96. The smallest absolute Gasteiger partial charge is 0.357 e. The fourth-order valence-electron chi connectivity index (χ4n) is 1.45. The maximum atomic E-state index is 12.9. The molecule has 2 N–H and O–H groups in total. The van der Waals surface area contributed by atoms with Crippen molar-refractivity contribution in [2.24, 2.45) is 5.73 Å². The van der Waals surface area contributed by atoms with Gasteiger partial charge < -0.3 is 15.2 Å². The van der Waals surface area contributed by atoms with Crippen LogP contribution in [-0.2, 0) is 11.3 Å². The number of hydrogen-bond donors (Lipinski definition) is 1. The van der Waals surface area contributed by atoms with E-state index in [1.807, 2.05) is 0 Å². The van der Waals surface area contributed by atoms with Gasteiger partial charge in [-0.3, -0.25) is 0 Å². The Hall–Kier alpha value is -1.76. The molecular weight excluding hydrogens is 246 g/mol. The summed E-state index contributed by atoms with van der Waals surface area (Å²) >= 11 is 0. The number of methoxy groups -OCH3 is 1. The third-order valence-electron chi connectivity index (χ3n) is 2.25. The lowest BCUT2D eigenvalue weighted by Gasteiger charge is -2.13. The number of halogens is 2. The zero-order valence-corrected chi connectivity index (χ0v) is 10.1. The number of rotatable bonds is 5. The Morgan fingerprint density at radius 1 is 1.56 bits per heavy atom. The second kappa shape index (κ2) is 6.25. The van der Waals surface area contributed by atoms with Crippen LogP contribution in [0, 0.1) is 0 Å². The third kappa shape index (κ3) is 2.92. The minimum atomic E-state index is -2.77. The molecule has 1 heterocycles. The Labute approximate surface area is 103 Å². The zero-order chi connectivity index (χ0) is 13.7. The molecule has 0 spiro atoms. The van der Waals surface area contributed by atoms with Crippen molar-refractivity contribution in [2.45, 2.75) is 19.9 Å². The molecule has 0 atom stereocenters. The maximum absolute atomic E-state index is 12.9. The molecule has 100 valence electrons. The van der Waals surface area contributed by atoms with Crippen LogP contribution in [0.1, 0.15) is 35.0 Å². The SMILES string of the molecule is CCOC(=O)c1nc(OC)cc(C(F)F)c1CN. The van der Waals surface area contributed by atoms with Crippen LogP contribution in [0.5, 0.6) is 5.88 Å². The minimum Gasteiger partial charge on any atom is -0.481 e. The Morgan fingerprint density at radius 2 is 2.22 bits per heavy atom. The van der Waals surface area contributed by atoms with Crippen molar-refractivity contribution in [3.05, 3.63) is 22.9 Å². The molecule has 5 nitrogen and oxygen atoms in total. The van der Waals surface area contributed by atoms with E-state index in [1.54, 1.807) is 6.92 Å². The predicted octanol–water partition coefficient (Wildman–Crippen LogP) is 1.66. The summed E-state index contributed by atoms with van der Waals surface area (Å²) in [6.07, 6.45) is -2.77. The predicted molar refractivity (Wildman–Crippen MR) is 59.6 cm³/mol. The Bertz CT molecular complexity index is 439. The van der Waals surface area contributed by atoms with Crippen molar-refractivity contribution in [2.75, 3.05) is 13.7 Å². The van der Waals surface area contributed by atoms with Crippen molar-refractivity contribution in [1.29, 1.82) is 0 Å². The van der Waals surface area contributed by atoms with Crippen LogP contribution in [0.25, 0.3) is 0 Å². The highest BCUT2D eigenvalue weighted by Gasteiger charge is 2.23. The molecule has 18 heavy (non-hydrogen) atoms. The molecular formula is C11H14F2N2O3. The summed E-state index contributed by atoms with van der Waals surface area (Å²) in [5, 5.41) is 0. The number of aromatic nitrogens is 1. The summed E-state index contributed by atoms with van der Waals surface area (Å²) in [4.78, 5) is 15.4. The first kappa shape index (κ1) is 14.3. The van der Waals surface area contributed by atoms with Crippen molar-refractivity contribution in [3.8, 4) is 5.88 Å². The summed E-state index contributed by atoms with van der Waals surface area (Å²) in [6.45, 7) is 1.49. The quantitative estimate of drug-likeness (QED) is 0.815. The van der Waals surface area contributed by atoms with E-state index in [1.165, 1.54) is 7.11 Å². The first-order valence-corrected chi connectivity index (χ1v) is 5.28. The van der Waals surface area contributed by atoms with E-state index in [4.69, 9.17) is 15.2 Å². The lowest BCUT2D eigenvalue weighted by Crippen LogP contribution is -2.16. The number of nitrogens with zero attached hydrogens (tertiary/aromatic N) is 1.